The molecular weight excluding hydrogens is 334 g/mol. The zero-order chi connectivity index (χ0) is 19.7. The van der Waals surface area contributed by atoms with Crippen molar-refractivity contribution in [3.8, 4) is 0 Å². The number of hydrogen-bond donors (Lipinski definition) is 3. The van der Waals surface area contributed by atoms with Crippen molar-refractivity contribution < 1.29 is 24.0 Å². The lowest BCUT2D eigenvalue weighted by atomic mass is 10.1. The molecule has 1 rings (SSSR count). The molecule has 1 aromatic rings. The number of amides is 2. The maximum Gasteiger partial charge on any atom is 0.337 e. The summed E-state index contributed by atoms with van der Waals surface area (Å²) in [5.41, 5.74) is 1.07. The molecular formula is C19H30N3O4+. The largest absolute Gasteiger partial charge is 0.465 e. The Morgan fingerprint density at radius 2 is 1.62 bits per heavy atom. The summed E-state index contributed by atoms with van der Waals surface area (Å²) < 4.78 is 4.65. The molecule has 7 nitrogen and oxygen atoms in total. The lowest BCUT2D eigenvalue weighted by Gasteiger charge is -2.23. The molecule has 0 bridgehead atoms. The van der Waals surface area contributed by atoms with Crippen LogP contribution in [0.3, 0.4) is 0 Å². The van der Waals surface area contributed by atoms with E-state index >= 15 is 0 Å². The highest BCUT2D eigenvalue weighted by atomic mass is 16.5. The average Bonchev–Trinajstić information content (AvgIpc) is 2.57. The van der Waals surface area contributed by atoms with E-state index in [4.69, 9.17) is 0 Å². The van der Waals surface area contributed by atoms with Crippen LogP contribution in [0.5, 0.6) is 0 Å². The SMILES string of the molecule is CC[NH+](CC(=O)NCc1ccc(C(=O)OC)cc1)CC(=O)NC(C)(C)C. The molecule has 0 saturated carbocycles. The summed E-state index contributed by atoms with van der Waals surface area (Å²) in [6, 6.07) is 6.86. The van der Waals surface area contributed by atoms with E-state index in [1.54, 1.807) is 24.3 Å². The quantitative estimate of drug-likeness (QED) is 0.563. The number of benzene rings is 1. The standard InChI is InChI=1S/C19H29N3O4/c1-6-22(13-17(24)21-19(2,3)4)12-16(23)20-11-14-7-9-15(10-8-14)18(25)26-5/h7-10H,6,11-13H2,1-5H3,(H,20,23)(H,21,24)/p+1. The van der Waals surface area contributed by atoms with Crippen molar-refractivity contribution >= 4 is 17.8 Å². The first-order valence-corrected chi connectivity index (χ1v) is 8.73. The number of carbonyl (C=O) groups is 3. The summed E-state index contributed by atoms with van der Waals surface area (Å²) >= 11 is 0. The van der Waals surface area contributed by atoms with Crippen molar-refractivity contribution in [3.05, 3.63) is 35.4 Å². The number of hydrogen-bond acceptors (Lipinski definition) is 4. The van der Waals surface area contributed by atoms with E-state index in [2.05, 4.69) is 15.4 Å². The molecule has 0 radical (unpaired) electrons. The summed E-state index contributed by atoms with van der Waals surface area (Å²) in [4.78, 5) is 36.4. The van der Waals surface area contributed by atoms with Crippen LogP contribution in [0.2, 0.25) is 0 Å². The summed E-state index contributed by atoms with van der Waals surface area (Å²) in [6.07, 6.45) is 0. The Kier molecular flexibility index (Phi) is 8.25. The normalized spacial score (nSPS) is 12.2. The number of ether oxygens (including phenoxy) is 1. The van der Waals surface area contributed by atoms with Gasteiger partial charge in [0.05, 0.1) is 19.2 Å². The molecule has 0 spiro atoms. The molecule has 0 aliphatic rings. The number of esters is 1. The second kappa shape index (κ2) is 9.91. The number of carbonyl (C=O) groups excluding carboxylic acids is 3. The van der Waals surface area contributed by atoms with Crippen molar-refractivity contribution in [2.45, 2.75) is 39.8 Å². The minimum atomic E-state index is -0.392. The van der Waals surface area contributed by atoms with Gasteiger partial charge in [0.15, 0.2) is 13.1 Å². The fourth-order valence-corrected chi connectivity index (χ4v) is 2.37. The van der Waals surface area contributed by atoms with Crippen molar-refractivity contribution in [1.82, 2.24) is 10.6 Å². The number of quaternary nitrogens is 1. The number of methoxy groups -OCH3 is 1. The first-order valence-electron chi connectivity index (χ1n) is 8.73. The van der Waals surface area contributed by atoms with E-state index in [-0.39, 0.29) is 30.4 Å². The molecule has 1 aromatic carbocycles. The summed E-state index contributed by atoms with van der Waals surface area (Å²) in [5, 5.41) is 5.75. The fourth-order valence-electron chi connectivity index (χ4n) is 2.37. The van der Waals surface area contributed by atoms with Gasteiger partial charge in [-0.15, -0.1) is 0 Å². The third-order valence-corrected chi connectivity index (χ3v) is 3.70. The van der Waals surface area contributed by atoms with Crippen molar-refractivity contribution in [2.24, 2.45) is 0 Å². The topological polar surface area (TPSA) is 88.9 Å². The van der Waals surface area contributed by atoms with E-state index in [1.165, 1.54) is 7.11 Å². The summed E-state index contributed by atoms with van der Waals surface area (Å²) in [6.45, 7) is 9.25. The zero-order valence-electron chi connectivity index (χ0n) is 16.3. The molecule has 1 unspecified atom stereocenters. The van der Waals surface area contributed by atoms with Crippen LogP contribution in [0.15, 0.2) is 24.3 Å². The average molecular weight is 364 g/mol. The fraction of sp³-hybridized carbons (Fsp3) is 0.526. The van der Waals surface area contributed by atoms with E-state index in [1.807, 2.05) is 27.7 Å². The lowest BCUT2D eigenvalue weighted by Crippen LogP contribution is -3.14. The Morgan fingerprint density at radius 1 is 1.04 bits per heavy atom. The molecule has 0 heterocycles. The minimum Gasteiger partial charge on any atom is -0.465 e. The van der Waals surface area contributed by atoms with E-state index in [0.29, 0.717) is 18.7 Å². The third kappa shape index (κ3) is 8.11. The van der Waals surface area contributed by atoms with Crippen LogP contribution in [-0.4, -0.2) is 50.1 Å². The molecule has 0 fully saturated rings. The molecule has 2 amide bonds. The molecule has 0 aromatic heterocycles. The Bertz CT molecular complexity index is 621. The second-order valence-electron chi connectivity index (χ2n) is 7.22. The highest BCUT2D eigenvalue weighted by molar-refractivity contribution is 5.89. The molecule has 1 atom stereocenters. The number of likely N-dealkylation sites (N-methyl/N-ethyl adjacent to an activating group) is 1. The third-order valence-electron chi connectivity index (χ3n) is 3.70. The van der Waals surface area contributed by atoms with Gasteiger partial charge in [-0.1, -0.05) is 12.1 Å². The van der Waals surface area contributed by atoms with Crippen LogP contribution >= 0.6 is 0 Å². The van der Waals surface area contributed by atoms with E-state index < -0.39 is 5.97 Å². The highest BCUT2D eigenvalue weighted by Gasteiger charge is 2.20. The van der Waals surface area contributed by atoms with Gasteiger partial charge in [0.1, 0.15) is 0 Å². The van der Waals surface area contributed by atoms with Gasteiger partial charge in [-0.05, 0) is 45.4 Å². The van der Waals surface area contributed by atoms with E-state index in [0.717, 1.165) is 10.5 Å². The molecule has 26 heavy (non-hydrogen) atoms. The van der Waals surface area contributed by atoms with Gasteiger partial charge in [-0.3, -0.25) is 9.59 Å². The van der Waals surface area contributed by atoms with Gasteiger partial charge in [-0.25, -0.2) is 4.79 Å². The van der Waals surface area contributed by atoms with Gasteiger partial charge in [0, 0.05) is 12.1 Å². The number of rotatable bonds is 8. The minimum absolute atomic E-state index is 0.0689. The Morgan fingerprint density at radius 3 is 2.12 bits per heavy atom. The van der Waals surface area contributed by atoms with Crippen LogP contribution in [0.25, 0.3) is 0 Å². The molecule has 0 aliphatic heterocycles. The maximum atomic E-state index is 12.1. The molecule has 0 aliphatic carbocycles. The van der Waals surface area contributed by atoms with Crippen LogP contribution in [0, 0.1) is 0 Å². The first-order chi connectivity index (χ1) is 12.1. The smallest absolute Gasteiger partial charge is 0.337 e. The first kappa shape index (κ1) is 21.6. The van der Waals surface area contributed by atoms with Crippen molar-refractivity contribution in [1.29, 1.82) is 0 Å². The highest BCUT2D eigenvalue weighted by Crippen LogP contribution is 2.05. The van der Waals surface area contributed by atoms with Crippen LogP contribution in [0.1, 0.15) is 43.6 Å². The predicted molar refractivity (Wildman–Crippen MR) is 98.8 cm³/mol. The second-order valence-corrected chi connectivity index (χ2v) is 7.22. The van der Waals surface area contributed by atoms with Crippen molar-refractivity contribution in [3.63, 3.8) is 0 Å². The van der Waals surface area contributed by atoms with Crippen LogP contribution in [0.4, 0.5) is 0 Å². The molecule has 7 heteroatoms. The van der Waals surface area contributed by atoms with Crippen molar-refractivity contribution in [2.75, 3.05) is 26.7 Å². The molecule has 144 valence electrons. The molecule has 3 N–H and O–H groups in total. The van der Waals surface area contributed by atoms with Crippen LogP contribution < -0.4 is 15.5 Å². The van der Waals surface area contributed by atoms with Gasteiger partial charge in [0.25, 0.3) is 11.8 Å². The Balaban J connectivity index is 2.46. The van der Waals surface area contributed by atoms with Gasteiger partial charge < -0.3 is 20.3 Å². The van der Waals surface area contributed by atoms with Gasteiger partial charge in [0.2, 0.25) is 0 Å². The Labute approximate surface area is 155 Å². The lowest BCUT2D eigenvalue weighted by molar-refractivity contribution is -0.881. The summed E-state index contributed by atoms with van der Waals surface area (Å²) in [7, 11) is 1.33. The molecule has 0 saturated heterocycles. The summed E-state index contributed by atoms with van der Waals surface area (Å²) in [5.74, 6) is -0.584. The number of nitrogens with one attached hydrogen (secondary N) is 3. The Hall–Kier alpha value is -2.41. The zero-order valence-corrected chi connectivity index (χ0v) is 16.3. The predicted octanol–water partition coefficient (Wildman–Crippen LogP) is -0.0911. The van der Waals surface area contributed by atoms with Crippen LogP contribution in [-0.2, 0) is 20.9 Å². The van der Waals surface area contributed by atoms with Gasteiger partial charge >= 0.3 is 5.97 Å². The maximum absolute atomic E-state index is 12.1. The van der Waals surface area contributed by atoms with E-state index in [9.17, 15) is 14.4 Å². The monoisotopic (exact) mass is 364 g/mol. The van der Waals surface area contributed by atoms with Gasteiger partial charge in [-0.2, -0.15) is 0 Å².